The second kappa shape index (κ2) is 6.47. The summed E-state index contributed by atoms with van der Waals surface area (Å²) in [6.07, 6.45) is 0. The van der Waals surface area contributed by atoms with Gasteiger partial charge in [0, 0.05) is 20.4 Å². The topological polar surface area (TPSA) is 17.1 Å². The first-order valence-corrected chi connectivity index (χ1v) is 10.0. The molecule has 0 heterocycles. The first-order valence-electron chi connectivity index (χ1n) is 7.51. The van der Waals surface area contributed by atoms with Crippen LogP contribution in [-0.4, -0.2) is 0 Å². The van der Waals surface area contributed by atoms with Gasteiger partial charge in [0.2, 0.25) is 0 Å². The van der Waals surface area contributed by atoms with Crippen molar-refractivity contribution >= 4 is 39.0 Å². The number of halogens is 1. The van der Waals surface area contributed by atoms with Gasteiger partial charge in [-0.1, -0.05) is 75.6 Å². The van der Waals surface area contributed by atoms with Crippen molar-refractivity contribution in [1.82, 2.24) is 0 Å². The molecule has 0 saturated heterocycles. The molecule has 3 heteroatoms. The molecule has 116 valence electrons. The van der Waals surface area contributed by atoms with Crippen LogP contribution in [-0.2, 0) is 4.57 Å². The first-order chi connectivity index (χ1) is 11.0. The molecule has 0 aliphatic heterocycles. The lowest BCUT2D eigenvalue weighted by Crippen LogP contribution is -2.25. The zero-order chi connectivity index (χ0) is 16.4. The van der Waals surface area contributed by atoms with E-state index in [0.29, 0.717) is 0 Å². The zero-order valence-electron chi connectivity index (χ0n) is 13.2. The molecule has 0 amide bonds. The van der Waals surface area contributed by atoms with Gasteiger partial charge in [-0.3, -0.25) is 0 Å². The molecule has 0 radical (unpaired) electrons. The molecule has 0 atom stereocenters. The van der Waals surface area contributed by atoms with E-state index in [-0.39, 0.29) is 0 Å². The van der Waals surface area contributed by atoms with Crippen LogP contribution in [0.4, 0.5) is 0 Å². The summed E-state index contributed by atoms with van der Waals surface area (Å²) in [6.45, 7) is 4.08. The van der Waals surface area contributed by atoms with E-state index in [1.54, 1.807) is 0 Å². The predicted octanol–water partition coefficient (Wildman–Crippen LogP) is 4.71. The largest absolute Gasteiger partial charge is 0.309 e. The molecule has 3 rings (SSSR count). The Labute approximate surface area is 145 Å². The molecule has 1 nitrogen and oxygen atoms in total. The number of aryl methyl sites for hydroxylation is 2. The van der Waals surface area contributed by atoms with Gasteiger partial charge in [-0.05, 0) is 38.1 Å². The van der Waals surface area contributed by atoms with E-state index in [2.05, 4.69) is 15.9 Å². The highest BCUT2D eigenvalue weighted by Crippen LogP contribution is 2.42. The van der Waals surface area contributed by atoms with Gasteiger partial charge < -0.3 is 4.57 Å². The molecule has 0 fully saturated rings. The zero-order valence-corrected chi connectivity index (χ0v) is 15.6. The van der Waals surface area contributed by atoms with Crippen LogP contribution in [0.5, 0.6) is 0 Å². The molecule has 0 aromatic heterocycles. The van der Waals surface area contributed by atoms with Crippen molar-refractivity contribution in [3.8, 4) is 0 Å². The molecule has 0 saturated carbocycles. The second-order valence-corrected chi connectivity index (χ2v) is 9.44. The molecule has 3 aromatic rings. The van der Waals surface area contributed by atoms with Gasteiger partial charge in [0.15, 0.2) is 7.14 Å². The van der Waals surface area contributed by atoms with Crippen LogP contribution in [0.15, 0.2) is 77.3 Å². The molecular formula is C20H18BrOP. The highest BCUT2D eigenvalue weighted by Gasteiger charge is 2.29. The van der Waals surface area contributed by atoms with Crippen LogP contribution in [0.2, 0.25) is 0 Å². The van der Waals surface area contributed by atoms with Crippen molar-refractivity contribution in [1.29, 1.82) is 0 Å². The number of rotatable bonds is 3. The Morgan fingerprint density at radius 2 is 0.913 bits per heavy atom. The Bertz CT molecular complexity index is 732. The van der Waals surface area contributed by atoms with E-state index >= 15 is 0 Å². The van der Waals surface area contributed by atoms with Crippen molar-refractivity contribution < 1.29 is 4.57 Å². The van der Waals surface area contributed by atoms with Crippen molar-refractivity contribution in [2.75, 3.05) is 0 Å². The minimum absolute atomic E-state index is 0.855. The van der Waals surface area contributed by atoms with Gasteiger partial charge in [-0.2, -0.15) is 0 Å². The van der Waals surface area contributed by atoms with Crippen LogP contribution in [0.1, 0.15) is 11.1 Å². The van der Waals surface area contributed by atoms with E-state index in [9.17, 15) is 4.57 Å². The summed E-state index contributed by atoms with van der Waals surface area (Å²) in [5.74, 6) is 0. The molecular weight excluding hydrogens is 367 g/mol. The van der Waals surface area contributed by atoms with Crippen LogP contribution in [0, 0.1) is 13.8 Å². The molecule has 0 unspecified atom stereocenters. The van der Waals surface area contributed by atoms with Gasteiger partial charge in [-0.25, -0.2) is 0 Å². The monoisotopic (exact) mass is 384 g/mol. The van der Waals surface area contributed by atoms with Gasteiger partial charge in [-0.15, -0.1) is 0 Å². The summed E-state index contributed by atoms with van der Waals surface area (Å²) in [5, 5.41) is 2.59. The van der Waals surface area contributed by atoms with Crippen LogP contribution in [0.3, 0.4) is 0 Å². The van der Waals surface area contributed by atoms with Crippen molar-refractivity contribution in [2.24, 2.45) is 0 Å². The van der Waals surface area contributed by atoms with Crippen molar-refractivity contribution in [2.45, 2.75) is 13.8 Å². The van der Waals surface area contributed by atoms with Gasteiger partial charge in [0.25, 0.3) is 0 Å². The predicted molar refractivity (Wildman–Crippen MR) is 103 cm³/mol. The van der Waals surface area contributed by atoms with E-state index in [1.165, 1.54) is 11.1 Å². The maximum absolute atomic E-state index is 14.1. The Kier molecular flexibility index (Phi) is 4.57. The molecule has 23 heavy (non-hydrogen) atoms. The fraction of sp³-hybridized carbons (Fsp3) is 0.100. The molecule has 3 aromatic carbocycles. The summed E-state index contributed by atoms with van der Waals surface area (Å²) in [5.41, 5.74) is 2.33. The Morgan fingerprint density at radius 3 is 1.26 bits per heavy atom. The highest BCUT2D eigenvalue weighted by atomic mass is 79.9. The quantitative estimate of drug-likeness (QED) is 0.597. The minimum Gasteiger partial charge on any atom is -0.309 e. The maximum atomic E-state index is 14.1. The minimum atomic E-state index is -2.86. The fourth-order valence-electron chi connectivity index (χ4n) is 2.61. The number of hydrogen-bond acceptors (Lipinski definition) is 1. The molecule has 0 N–H and O–H groups in total. The third kappa shape index (κ3) is 3.20. The van der Waals surface area contributed by atoms with E-state index in [0.717, 1.165) is 20.4 Å². The Hall–Kier alpha value is -1.63. The van der Waals surface area contributed by atoms with Crippen LogP contribution < -0.4 is 15.9 Å². The van der Waals surface area contributed by atoms with Crippen molar-refractivity contribution in [3.63, 3.8) is 0 Å². The van der Waals surface area contributed by atoms with Crippen LogP contribution in [0.25, 0.3) is 0 Å². The first kappa shape index (κ1) is 16.2. The summed E-state index contributed by atoms with van der Waals surface area (Å²) in [4.78, 5) is 0. The Morgan fingerprint density at radius 1 is 0.609 bits per heavy atom. The van der Waals surface area contributed by atoms with E-state index < -0.39 is 7.14 Å². The number of hydrogen-bond donors (Lipinski definition) is 0. The number of benzene rings is 3. The smallest absolute Gasteiger partial charge is 0.171 e. The molecule has 0 aliphatic carbocycles. The average Bonchev–Trinajstić information content (AvgIpc) is 2.56. The molecule has 0 spiro atoms. The lowest BCUT2D eigenvalue weighted by atomic mass is 10.2. The summed E-state index contributed by atoms with van der Waals surface area (Å²) < 4.78 is 15.1. The normalized spacial score (nSPS) is 11.4. The van der Waals surface area contributed by atoms with Gasteiger partial charge in [0.05, 0.1) is 0 Å². The lowest BCUT2D eigenvalue weighted by Gasteiger charge is -2.20. The van der Waals surface area contributed by atoms with E-state index in [1.807, 2.05) is 86.6 Å². The van der Waals surface area contributed by atoms with Gasteiger partial charge >= 0.3 is 0 Å². The molecule has 0 aliphatic rings. The SMILES string of the molecule is Cc1ccc(P(=O)(c2ccc(C)cc2)c2ccc(Br)cc2)cc1. The summed E-state index contributed by atoms with van der Waals surface area (Å²) in [7, 11) is -2.86. The highest BCUT2D eigenvalue weighted by molar-refractivity contribution is 9.10. The second-order valence-electron chi connectivity index (χ2n) is 5.76. The summed E-state index contributed by atoms with van der Waals surface area (Å²) >= 11 is 3.45. The third-order valence-electron chi connectivity index (χ3n) is 3.99. The fourth-order valence-corrected chi connectivity index (χ4v) is 5.47. The van der Waals surface area contributed by atoms with Crippen molar-refractivity contribution in [3.05, 3.63) is 88.4 Å². The van der Waals surface area contributed by atoms with Crippen LogP contribution >= 0.6 is 23.1 Å². The average molecular weight is 385 g/mol. The molecule has 0 bridgehead atoms. The van der Waals surface area contributed by atoms with E-state index in [4.69, 9.17) is 0 Å². The summed E-state index contributed by atoms with van der Waals surface area (Å²) in [6, 6.07) is 23.8. The maximum Gasteiger partial charge on any atom is 0.171 e. The Balaban J connectivity index is 2.24. The lowest BCUT2D eigenvalue weighted by molar-refractivity contribution is 0.592. The standard InChI is InChI=1S/C20H18BrOP/c1-15-3-9-18(10-4-15)23(22,19-11-5-16(2)6-12-19)20-13-7-17(21)8-14-20/h3-14H,1-2H3. The third-order valence-corrected chi connectivity index (χ3v) is 7.59. The van der Waals surface area contributed by atoms with Gasteiger partial charge in [0.1, 0.15) is 0 Å².